The molecule has 0 radical (unpaired) electrons. The van der Waals surface area contributed by atoms with Crippen LogP contribution in [0.5, 0.6) is 0 Å². The van der Waals surface area contributed by atoms with Crippen LogP contribution in [0.3, 0.4) is 0 Å². The van der Waals surface area contributed by atoms with Crippen LogP contribution in [0.15, 0.2) is 52.9 Å². The third-order valence-electron chi connectivity index (χ3n) is 5.30. The summed E-state index contributed by atoms with van der Waals surface area (Å²) in [6.07, 6.45) is 1.58. The van der Waals surface area contributed by atoms with Crippen LogP contribution in [0.25, 0.3) is 11.5 Å². The second-order valence-electron chi connectivity index (χ2n) is 9.57. The second kappa shape index (κ2) is 8.72. The molecule has 1 aromatic heterocycles. The quantitative estimate of drug-likeness (QED) is 0.522. The minimum Gasteiger partial charge on any atom is -0.419 e. The minimum atomic E-state index is -3.55. The zero-order chi connectivity index (χ0) is 24.6. The molecule has 0 bridgehead atoms. The Morgan fingerprint density at radius 3 is 2.27 bits per heavy atom. The van der Waals surface area contributed by atoms with Gasteiger partial charge in [0.05, 0.1) is 17.5 Å². The number of anilines is 1. The fourth-order valence-electron chi connectivity index (χ4n) is 3.34. The van der Waals surface area contributed by atoms with Crippen LogP contribution in [-0.4, -0.2) is 37.7 Å². The summed E-state index contributed by atoms with van der Waals surface area (Å²) < 4.78 is 31.3. The molecule has 33 heavy (non-hydrogen) atoms. The number of Topliss-reactive ketones (excluding diaryl/α,β-unsaturated/α-hetero) is 1. The lowest BCUT2D eigenvalue weighted by Gasteiger charge is -2.21. The van der Waals surface area contributed by atoms with Gasteiger partial charge in [-0.15, -0.1) is 10.2 Å². The van der Waals surface area contributed by atoms with Crippen LogP contribution in [0, 0.1) is 5.41 Å². The number of benzene rings is 2. The maximum atomic E-state index is 13.0. The van der Waals surface area contributed by atoms with Gasteiger partial charge >= 0.3 is 0 Å². The predicted molar refractivity (Wildman–Crippen MR) is 128 cm³/mol. The Labute approximate surface area is 194 Å². The fraction of sp³-hybridized carbons (Fsp3) is 0.375. The van der Waals surface area contributed by atoms with E-state index in [9.17, 15) is 13.2 Å². The Kier molecular flexibility index (Phi) is 6.50. The van der Waals surface area contributed by atoms with Gasteiger partial charge in [0, 0.05) is 23.6 Å². The van der Waals surface area contributed by atoms with Crippen LogP contribution in [0.1, 0.15) is 49.5 Å². The lowest BCUT2D eigenvalue weighted by atomic mass is 9.86. The van der Waals surface area contributed by atoms with Gasteiger partial charge < -0.3 is 10.2 Å². The zero-order valence-corrected chi connectivity index (χ0v) is 20.6. The molecule has 0 fully saturated rings. The van der Waals surface area contributed by atoms with Crippen molar-refractivity contribution in [3.63, 3.8) is 0 Å². The summed E-state index contributed by atoms with van der Waals surface area (Å²) in [5.41, 5.74) is 7.05. The average molecular weight is 471 g/mol. The minimum absolute atomic E-state index is 0.139. The molecule has 3 aromatic rings. The van der Waals surface area contributed by atoms with Gasteiger partial charge in [-0.25, -0.2) is 8.42 Å². The first-order chi connectivity index (χ1) is 15.2. The Morgan fingerprint density at radius 2 is 1.70 bits per heavy atom. The number of nitrogens with zero attached hydrogens (tertiary/aromatic N) is 3. The Morgan fingerprint density at radius 1 is 1.06 bits per heavy atom. The molecule has 0 unspecified atom stereocenters. The van der Waals surface area contributed by atoms with Crippen molar-refractivity contribution in [2.45, 2.75) is 39.7 Å². The number of hydrogen-bond donors (Lipinski definition) is 1. The molecule has 0 aliphatic rings. The molecular formula is C24H30N4O4S. The summed E-state index contributed by atoms with van der Waals surface area (Å²) in [7, 11) is -2.12. The molecule has 9 heteroatoms. The Bertz CT molecular complexity index is 1260. The molecule has 176 valence electrons. The summed E-state index contributed by atoms with van der Waals surface area (Å²) in [5.74, 6) is 0.258. The van der Waals surface area contributed by atoms with Crippen LogP contribution >= 0.6 is 0 Å². The number of rotatable bonds is 7. The van der Waals surface area contributed by atoms with Crippen molar-refractivity contribution < 1.29 is 17.6 Å². The summed E-state index contributed by atoms with van der Waals surface area (Å²) >= 11 is 0. The van der Waals surface area contributed by atoms with Crippen molar-refractivity contribution in [1.82, 2.24) is 10.2 Å². The average Bonchev–Trinajstić information content (AvgIpc) is 3.23. The highest BCUT2D eigenvalue weighted by Gasteiger charge is 2.30. The largest absolute Gasteiger partial charge is 0.419 e. The smallest absolute Gasteiger partial charge is 0.247 e. The first kappa shape index (κ1) is 24.6. The van der Waals surface area contributed by atoms with E-state index in [4.69, 9.17) is 10.2 Å². The Balaban J connectivity index is 2.05. The SMILES string of the molecule is CN(c1cc(C(=O)C(C)(C)C)cc(-c2nnc([C@](C)(N)Cc3ccccc3)o2)c1)S(C)(=O)=O. The number of nitrogens with two attached hydrogens (primary N) is 1. The second-order valence-corrected chi connectivity index (χ2v) is 11.6. The highest BCUT2D eigenvalue weighted by molar-refractivity contribution is 7.92. The maximum Gasteiger partial charge on any atom is 0.247 e. The van der Waals surface area contributed by atoms with E-state index in [1.807, 2.05) is 30.3 Å². The molecule has 1 atom stereocenters. The summed E-state index contributed by atoms with van der Waals surface area (Å²) in [6, 6.07) is 14.5. The van der Waals surface area contributed by atoms with Crippen molar-refractivity contribution in [3.05, 3.63) is 65.5 Å². The standard InChI is InChI=1S/C24H30N4O4S/c1-23(2,3)20(29)17-12-18(14-19(13-17)28(5)33(6,30)31)21-26-27-22(32-21)24(4,25)15-16-10-8-7-9-11-16/h7-14H,15,25H2,1-6H3/t24-/m1/s1. The van der Waals surface area contributed by atoms with E-state index >= 15 is 0 Å². The van der Waals surface area contributed by atoms with Crippen molar-refractivity contribution in [1.29, 1.82) is 0 Å². The third kappa shape index (κ3) is 5.66. The van der Waals surface area contributed by atoms with Gasteiger partial charge in [0.15, 0.2) is 5.78 Å². The molecule has 1 heterocycles. The molecule has 0 aliphatic carbocycles. The van der Waals surface area contributed by atoms with E-state index in [1.54, 1.807) is 45.9 Å². The first-order valence-electron chi connectivity index (χ1n) is 10.5. The van der Waals surface area contributed by atoms with E-state index in [1.165, 1.54) is 7.05 Å². The number of carbonyl (C=O) groups excluding carboxylic acids is 1. The third-order valence-corrected chi connectivity index (χ3v) is 6.50. The van der Waals surface area contributed by atoms with Gasteiger partial charge in [-0.3, -0.25) is 9.10 Å². The summed E-state index contributed by atoms with van der Waals surface area (Å²) in [4.78, 5) is 13.0. The lowest BCUT2D eigenvalue weighted by Crippen LogP contribution is -2.35. The number of ketones is 1. The molecule has 0 aliphatic heterocycles. The normalized spacial score (nSPS) is 14.0. The van der Waals surface area contributed by atoms with Crippen molar-refractivity contribution in [2.75, 3.05) is 17.6 Å². The fourth-order valence-corrected chi connectivity index (χ4v) is 3.83. The number of sulfonamides is 1. The molecule has 2 aromatic carbocycles. The van der Waals surface area contributed by atoms with Gasteiger partial charge in [-0.05, 0) is 37.1 Å². The van der Waals surface area contributed by atoms with Gasteiger partial charge in [0.1, 0.15) is 0 Å². The summed E-state index contributed by atoms with van der Waals surface area (Å²) in [5, 5.41) is 8.29. The van der Waals surface area contributed by atoms with Gasteiger partial charge in [0.2, 0.25) is 21.8 Å². The molecular weight excluding hydrogens is 440 g/mol. The van der Waals surface area contributed by atoms with Crippen LogP contribution in [0.4, 0.5) is 5.69 Å². The van der Waals surface area contributed by atoms with Crippen LogP contribution < -0.4 is 10.0 Å². The first-order valence-corrected chi connectivity index (χ1v) is 12.3. The van der Waals surface area contributed by atoms with Crippen LogP contribution in [-0.2, 0) is 22.0 Å². The molecule has 8 nitrogen and oxygen atoms in total. The van der Waals surface area contributed by atoms with E-state index in [0.29, 0.717) is 23.2 Å². The van der Waals surface area contributed by atoms with Crippen LogP contribution in [0.2, 0.25) is 0 Å². The molecule has 0 saturated heterocycles. The monoisotopic (exact) mass is 470 g/mol. The van der Waals surface area contributed by atoms with Crippen molar-refractivity contribution in [2.24, 2.45) is 11.1 Å². The number of carbonyl (C=O) groups is 1. The Hall–Kier alpha value is -3.04. The topological polar surface area (TPSA) is 119 Å². The molecule has 0 amide bonds. The molecule has 2 N–H and O–H groups in total. The van der Waals surface area contributed by atoms with E-state index in [2.05, 4.69) is 10.2 Å². The molecule has 0 spiro atoms. The highest BCUT2D eigenvalue weighted by Crippen LogP contribution is 2.32. The maximum absolute atomic E-state index is 13.0. The van der Waals surface area contributed by atoms with E-state index in [-0.39, 0.29) is 17.6 Å². The van der Waals surface area contributed by atoms with Crippen molar-refractivity contribution >= 4 is 21.5 Å². The zero-order valence-electron chi connectivity index (χ0n) is 19.8. The lowest BCUT2D eigenvalue weighted by molar-refractivity contribution is 0.0858. The predicted octanol–water partition coefficient (Wildman–Crippen LogP) is 3.78. The molecule has 0 saturated carbocycles. The van der Waals surface area contributed by atoms with Gasteiger partial charge in [0.25, 0.3) is 0 Å². The van der Waals surface area contributed by atoms with E-state index in [0.717, 1.165) is 16.1 Å². The summed E-state index contributed by atoms with van der Waals surface area (Å²) in [6.45, 7) is 7.21. The van der Waals surface area contributed by atoms with Gasteiger partial charge in [-0.2, -0.15) is 0 Å². The van der Waals surface area contributed by atoms with Crippen molar-refractivity contribution in [3.8, 4) is 11.5 Å². The number of aromatic nitrogens is 2. The highest BCUT2D eigenvalue weighted by atomic mass is 32.2. The van der Waals surface area contributed by atoms with E-state index < -0.39 is 21.0 Å². The molecule has 3 rings (SSSR count). The van der Waals surface area contributed by atoms with Gasteiger partial charge in [-0.1, -0.05) is 51.1 Å². The number of hydrogen-bond acceptors (Lipinski definition) is 7.